The van der Waals surface area contributed by atoms with Crippen molar-refractivity contribution in [3.63, 3.8) is 0 Å². The maximum atomic E-state index is 13.4. The number of anilines is 1. The number of likely N-dealkylation sites (tertiary alicyclic amines) is 1. The molecule has 33 heavy (non-hydrogen) atoms. The van der Waals surface area contributed by atoms with Crippen LogP contribution in [0.2, 0.25) is 0 Å². The number of halogens is 1. The second kappa shape index (κ2) is 9.89. The molecule has 1 heterocycles. The monoisotopic (exact) mass is 457 g/mol. The summed E-state index contributed by atoms with van der Waals surface area (Å²) in [6, 6.07) is 10.9. The van der Waals surface area contributed by atoms with E-state index < -0.39 is 41.2 Å². The Balaban J connectivity index is 1.87. The van der Waals surface area contributed by atoms with Gasteiger partial charge in [0.1, 0.15) is 23.1 Å². The van der Waals surface area contributed by atoms with E-state index in [1.54, 1.807) is 40.0 Å². The normalized spacial score (nSPS) is 18.1. The number of carbonyl (C=O) groups excluding carboxylic acids is 3. The van der Waals surface area contributed by atoms with Crippen molar-refractivity contribution in [1.29, 1.82) is 0 Å². The maximum absolute atomic E-state index is 13.4. The van der Waals surface area contributed by atoms with E-state index in [1.165, 1.54) is 29.2 Å². The molecule has 0 aliphatic carbocycles. The summed E-state index contributed by atoms with van der Waals surface area (Å²) >= 11 is 0. The highest BCUT2D eigenvalue weighted by Crippen LogP contribution is 2.34. The number of esters is 1. The van der Waals surface area contributed by atoms with E-state index in [4.69, 9.17) is 9.47 Å². The van der Waals surface area contributed by atoms with Gasteiger partial charge in [0.05, 0.1) is 13.7 Å². The van der Waals surface area contributed by atoms with Gasteiger partial charge in [0.15, 0.2) is 0 Å². The van der Waals surface area contributed by atoms with Gasteiger partial charge in [-0.3, -0.25) is 4.79 Å². The fraction of sp³-hybridized carbons (Fsp3) is 0.375. The molecule has 0 spiro atoms. The fourth-order valence-corrected chi connectivity index (χ4v) is 3.81. The Morgan fingerprint density at radius 1 is 1.12 bits per heavy atom. The summed E-state index contributed by atoms with van der Waals surface area (Å²) in [6.45, 7) is 5.33. The van der Waals surface area contributed by atoms with Gasteiger partial charge in [-0.1, -0.05) is 12.1 Å². The van der Waals surface area contributed by atoms with E-state index in [2.05, 4.69) is 10.6 Å². The third-order valence-corrected chi connectivity index (χ3v) is 5.70. The van der Waals surface area contributed by atoms with Gasteiger partial charge >= 0.3 is 12.0 Å². The van der Waals surface area contributed by atoms with Gasteiger partial charge in [-0.05, 0) is 62.7 Å². The van der Waals surface area contributed by atoms with Gasteiger partial charge in [0.2, 0.25) is 5.91 Å². The van der Waals surface area contributed by atoms with E-state index in [0.717, 1.165) is 5.56 Å². The molecule has 176 valence electrons. The topological polar surface area (TPSA) is 97.0 Å². The van der Waals surface area contributed by atoms with Gasteiger partial charge in [-0.25, -0.2) is 14.0 Å². The molecule has 1 fully saturated rings. The van der Waals surface area contributed by atoms with Crippen molar-refractivity contribution in [2.24, 2.45) is 0 Å². The molecular weight excluding hydrogens is 429 g/mol. The minimum atomic E-state index is -1.22. The number of ether oxygens (including phenoxy) is 2. The predicted molar refractivity (Wildman–Crippen MR) is 121 cm³/mol. The SMILES string of the molecule is CCOC(=O)C(C)(C)N1CC(c2ccc(OC)cc2)C(NC(=O)Nc2ccc(F)cc2)C1=O. The lowest BCUT2D eigenvalue weighted by atomic mass is 9.94. The van der Waals surface area contributed by atoms with Crippen molar-refractivity contribution in [2.75, 3.05) is 25.6 Å². The second-order valence-electron chi connectivity index (χ2n) is 8.19. The van der Waals surface area contributed by atoms with E-state index >= 15 is 0 Å². The second-order valence-corrected chi connectivity index (χ2v) is 8.19. The Kier molecular flexibility index (Phi) is 7.20. The third kappa shape index (κ3) is 5.24. The third-order valence-electron chi connectivity index (χ3n) is 5.70. The highest BCUT2D eigenvalue weighted by atomic mass is 19.1. The molecule has 3 amide bonds. The predicted octanol–water partition coefficient (Wildman–Crippen LogP) is 3.29. The van der Waals surface area contributed by atoms with Crippen LogP contribution in [0.25, 0.3) is 0 Å². The average Bonchev–Trinajstić information content (AvgIpc) is 3.12. The minimum absolute atomic E-state index is 0.188. The first-order valence-electron chi connectivity index (χ1n) is 10.6. The van der Waals surface area contributed by atoms with E-state index in [1.807, 2.05) is 12.1 Å². The molecule has 2 N–H and O–H groups in total. The number of rotatable bonds is 7. The zero-order valence-corrected chi connectivity index (χ0v) is 19.1. The van der Waals surface area contributed by atoms with Crippen LogP contribution < -0.4 is 15.4 Å². The summed E-state index contributed by atoms with van der Waals surface area (Å²) in [5.41, 5.74) is -0.0377. The highest BCUT2D eigenvalue weighted by Gasteiger charge is 2.50. The summed E-state index contributed by atoms with van der Waals surface area (Å²) in [5, 5.41) is 5.33. The van der Waals surface area contributed by atoms with Crippen molar-refractivity contribution in [3.05, 3.63) is 59.9 Å². The number of hydrogen-bond donors (Lipinski definition) is 2. The molecule has 0 aromatic heterocycles. The Bertz CT molecular complexity index is 1010. The van der Waals surface area contributed by atoms with Gasteiger partial charge in [-0.2, -0.15) is 0 Å². The molecule has 2 aromatic carbocycles. The first-order chi connectivity index (χ1) is 15.7. The maximum Gasteiger partial charge on any atom is 0.331 e. The van der Waals surface area contributed by atoms with Crippen LogP contribution in [0.1, 0.15) is 32.3 Å². The molecule has 2 atom stereocenters. The van der Waals surface area contributed by atoms with E-state index in [-0.39, 0.29) is 13.2 Å². The molecule has 0 radical (unpaired) electrons. The number of hydrogen-bond acceptors (Lipinski definition) is 5. The van der Waals surface area contributed by atoms with Crippen LogP contribution in [0.4, 0.5) is 14.9 Å². The number of urea groups is 1. The zero-order chi connectivity index (χ0) is 24.2. The Labute approximate surface area is 192 Å². The quantitative estimate of drug-likeness (QED) is 0.622. The van der Waals surface area contributed by atoms with Gasteiger partial charge < -0.3 is 25.0 Å². The molecule has 8 nitrogen and oxygen atoms in total. The van der Waals surface area contributed by atoms with Crippen molar-refractivity contribution in [2.45, 2.75) is 38.3 Å². The lowest BCUT2D eigenvalue weighted by Gasteiger charge is -2.33. The molecule has 1 aliphatic heterocycles. The molecule has 3 rings (SSSR count). The molecule has 9 heteroatoms. The van der Waals surface area contributed by atoms with Crippen LogP contribution in [0.5, 0.6) is 5.75 Å². The Hall–Kier alpha value is -3.62. The Morgan fingerprint density at radius 2 is 1.76 bits per heavy atom. The number of amides is 3. The smallest absolute Gasteiger partial charge is 0.331 e. The number of benzene rings is 2. The van der Waals surface area contributed by atoms with Gasteiger partial charge in [-0.15, -0.1) is 0 Å². The zero-order valence-electron chi connectivity index (χ0n) is 19.1. The Morgan fingerprint density at radius 3 is 2.33 bits per heavy atom. The van der Waals surface area contributed by atoms with Crippen LogP contribution >= 0.6 is 0 Å². The van der Waals surface area contributed by atoms with E-state index in [0.29, 0.717) is 11.4 Å². The summed E-state index contributed by atoms with van der Waals surface area (Å²) in [6.07, 6.45) is 0. The summed E-state index contributed by atoms with van der Waals surface area (Å²) in [5.74, 6) is -1.11. The van der Waals surface area contributed by atoms with Crippen LogP contribution in [-0.4, -0.2) is 54.6 Å². The van der Waals surface area contributed by atoms with Crippen molar-refractivity contribution in [1.82, 2.24) is 10.2 Å². The van der Waals surface area contributed by atoms with Gasteiger partial charge in [0.25, 0.3) is 0 Å². The van der Waals surface area contributed by atoms with Crippen molar-refractivity contribution >= 4 is 23.6 Å². The molecule has 0 saturated carbocycles. The van der Waals surface area contributed by atoms with Gasteiger partial charge in [0, 0.05) is 18.2 Å². The summed E-state index contributed by atoms with van der Waals surface area (Å²) in [7, 11) is 1.56. The number of carbonyl (C=O) groups is 3. The van der Waals surface area contributed by atoms with Crippen LogP contribution in [0.15, 0.2) is 48.5 Å². The summed E-state index contributed by atoms with van der Waals surface area (Å²) < 4.78 is 23.5. The lowest BCUT2D eigenvalue weighted by molar-refractivity contribution is -0.160. The molecule has 0 bridgehead atoms. The molecule has 1 aliphatic rings. The first kappa shape index (κ1) is 24.0. The largest absolute Gasteiger partial charge is 0.497 e. The number of methoxy groups -OCH3 is 1. The molecule has 2 unspecified atom stereocenters. The first-order valence-corrected chi connectivity index (χ1v) is 10.6. The lowest BCUT2D eigenvalue weighted by Crippen LogP contribution is -2.54. The summed E-state index contributed by atoms with van der Waals surface area (Å²) in [4.78, 5) is 40.1. The van der Waals surface area contributed by atoms with Crippen molar-refractivity contribution < 1.29 is 28.2 Å². The van der Waals surface area contributed by atoms with E-state index in [9.17, 15) is 18.8 Å². The molecular formula is C24H28FN3O5. The average molecular weight is 458 g/mol. The minimum Gasteiger partial charge on any atom is -0.497 e. The van der Waals surface area contributed by atoms with Crippen LogP contribution in [-0.2, 0) is 14.3 Å². The molecule has 1 saturated heterocycles. The fourth-order valence-electron chi connectivity index (χ4n) is 3.81. The number of nitrogens with one attached hydrogen (secondary N) is 2. The standard InChI is InChI=1S/C24H28FN3O5/c1-5-33-22(30)24(2,3)28-14-19(15-6-12-18(32-4)13-7-15)20(21(28)29)27-23(31)26-17-10-8-16(25)9-11-17/h6-13,19-20H,5,14H2,1-4H3,(H2,26,27,31). The molecule has 2 aromatic rings. The highest BCUT2D eigenvalue weighted by molar-refractivity contribution is 5.97. The van der Waals surface area contributed by atoms with Crippen molar-refractivity contribution in [3.8, 4) is 5.75 Å². The van der Waals surface area contributed by atoms with Crippen LogP contribution in [0, 0.1) is 5.82 Å². The number of nitrogens with zero attached hydrogens (tertiary/aromatic N) is 1. The van der Waals surface area contributed by atoms with Crippen LogP contribution in [0.3, 0.4) is 0 Å².